The van der Waals surface area contributed by atoms with Gasteiger partial charge in [-0.1, -0.05) is 30.3 Å². The maximum atomic E-state index is 12.5. The molecular formula is C23H29N5O5. The molecule has 1 unspecified atom stereocenters. The number of aryl methyl sites for hydroxylation is 2. The van der Waals surface area contributed by atoms with Crippen LogP contribution in [0.3, 0.4) is 0 Å². The second-order valence-corrected chi connectivity index (χ2v) is 7.86. The van der Waals surface area contributed by atoms with Gasteiger partial charge in [-0.15, -0.1) is 0 Å². The topological polar surface area (TPSA) is 117 Å². The predicted molar refractivity (Wildman–Crippen MR) is 123 cm³/mol. The Bertz CT molecular complexity index is 1240. The molecule has 0 aliphatic rings. The van der Waals surface area contributed by atoms with Crippen LogP contribution in [0.25, 0.3) is 11.2 Å². The molecule has 1 amide bonds. The van der Waals surface area contributed by atoms with Crippen molar-refractivity contribution in [3.05, 3.63) is 63.1 Å². The summed E-state index contributed by atoms with van der Waals surface area (Å²) in [5, 5.41) is 2.82. The van der Waals surface area contributed by atoms with Gasteiger partial charge < -0.3 is 14.6 Å². The predicted octanol–water partition coefficient (Wildman–Crippen LogP) is 0.752. The lowest BCUT2D eigenvalue weighted by Gasteiger charge is -2.16. The van der Waals surface area contributed by atoms with Gasteiger partial charge in [-0.3, -0.25) is 23.5 Å². The van der Waals surface area contributed by atoms with Crippen LogP contribution >= 0.6 is 0 Å². The Labute approximate surface area is 190 Å². The molecule has 0 saturated heterocycles. The lowest BCUT2D eigenvalue weighted by molar-refractivity contribution is -0.147. The van der Waals surface area contributed by atoms with Gasteiger partial charge in [-0.25, -0.2) is 9.78 Å². The lowest BCUT2D eigenvalue weighted by Crippen LogP contribution is -2.37. The van der Waals surface area contributed by atoms with Crippen LogP contribution in [0, 0.1) is 5.92 Å². The number of hydrogen-bond acceptors (Lipinski definition) is 6. The summed E-state index contributed by atoms with van der Waals surface area (Å²) in [4.78, 5) is 53.4. The summed E-state index contributed by atoms with van der Waals surface area (Å²) >= 11 is 0. The van der Waals surface area contributed by atoms with E-state index in [0.717, 1.165) is 10.1 Å². The van der Waals surface area contributed by atoms with Crippen LogP contribution in [0.15, 0.2) is 46.2 Å². The van der Waals surface area contributed by atoms with Crippen LogP contribution in [0.2, 0.25) is 0 Å². The molecule has 0 spiro atoms. The Morgan fingerprint density at radius 1 is 1.12 bits per heavy atom. The van der Waals surface area contributed by atoms with E-state index in [9.17, 15) is 19.2 Å². The summed E-state index contributed by atoms with van der Waals surface area (Å²) < 4.78 is 9.17. The summed E-state index contributed by atoms with van der Waals surface area (Å²) in [6.07, 6.45) is 2.65. The third kappa shape index (κ3) is 5.57. The van der Waals surface area contributed by atoms with Gasteiger partial charge >= 0.3 is 11.7 Å². The van der Waals surface area contributed by atoms with Crippen molar-refractivity contribution in [2.45, 2.75) is 32.7 Å². The fourth-order valence-corrected chi connectivity index (χ4v) is 3.70. The highest BCUT2D eigenvalue weighted by Crippen LogP contribution is 2.11. The number of ether oxygens (including phenoxy) is 1. The number of esters is 1. The minimum Gasteiger partial charge on any atom is -0.466 e. The maximum absolute atomic E-state index is 12.5. The Balaban J connectivity index is 1.58. The monoisotopic (exact) mass is 455 g/mol. The molecule has 2 heterocycles. The molecule has 1 atom stereocenters. The fourth-order valence-electron chi connectivity index (χ4n) is 3.70. The summed E-state index contributed by atoms with van der Waals surface area (Å²) in [7, 11) is 2.98. The third-order valence-electron chi connectivity index (χ3n) is 5.51. The standard InChI is InChI=1S/C23H29N5O5/c1-4-33-22(31)17(13-16-9-6-5-7-10-16)14-24-18(29)11-8-12-28-15-25-20-19(28)21(30)27(3)23(32)26(20)2/h5-7,9-10,15,17H,4,8,11-14H2,1-3H3,(H,24,29). The zero-order valence-electron chi connectivity index (χ0n) is 19.1. The van der Waals surface area contributed by atoms with Crippen LogP contribution in [-0.2, 0) is 41.4 Å². The molecule has 0 saturated carbocycles. The molecule has 0 fully saturated rings. The molecule has 3 rings (SSSR count). The number of nitrogens with one attached hydrogen (secondary N) is 1. The van der Waals surface area contributed by atoms with E-state index in [1.807, 2.05) is 30.3 Å². The third-order valence-corrected chi connectivity index (χ3v) is 5.51. The molecule has 0 radical (unpaired) electrons. The Morgan fingerprint density at radius 2 is 1.85 bits per heavy atom. The molecule has 1 aromatic carbocycles. The van der Waals surface area contributed by atoms with E-state index in [1.54, 1.807) is 18.5 Å². The molecule has 1 N–H and O–H groups in total. The largest absolute Gasteiger partial charge is 0.466 e. The number of rotatable bonds is 10. The van der Waals surface area contributed by atoms with Crippen LogP contribution in [0.1, 0.15) is 25.3 Å². The molecule has 0 bridgehead atoms. The minimum atomic E-state index is -0.474. The average molecular weight is 456 g/mol. The SMILES string of the molecule is CCOC(=O)C(CNC(=O)CCCn1cnc2c1c(=O)n(C)c(=O)n2C)Cc1ccccc1. The first-order valence-electron chi connectivity index (χ1n) is 10.9. The number of imidazole rings is 1. The van der Waals surface area contributed by atoms with Gasteiger partial charge in [0.05, 0.1) is 18.9 Å². The van der Waals surface area contributed by atoms with Gasteiger partial charge in [0.25, 0.3) is 5.56 Å². The summed E-state index contributed by atoms with van der Waals surface area (Å²) in [6.45, 7) is 2.61. The van der Waals surface area contributed by atoms with Crippen molar-refractivity contribution >= 4 is 23.0 Å². The lowest BCUT2D eigenvalue weighted by atomic mass is 9.99. The zero-order chi connectivity index (χ0) is 24.0. The van der Waals surface area contributed by atoms with Gasteiger partial charge in [0.15, 0.2) is 11.2 Å². The molecule has 3 aromatic rings. The second kappa shape index (κ2) is 10.8. The van der Waals surface area contributed by atoms with Gasteiger partial charge in [0, 0.05) is 33.6 Å². The van der Waals surface area contributed by atoms with Gasteiger partial charge in [-0.05, 0) is 25.3 Å². The van der Waals surface area contributed by atoms with E-state index in [4.69, 9.17) is 4.74 Å². The highest BCUT2D eigenvalue weighted by molar-refractivity contribution is 5.78. The number of carbonyl (C=O) groups excluding carboxylic acids is 2. The highest BCUT2D eigenvalue weighted by Gasteiger charge is 2.21. The summed E-state index contributed by atoms with van der Waals surface area (Å²) in [5.74, 6) is -1.01. The number of hydrogen-bond donors (Lipinski definition) is 1. The first-order valence-corrected chi connectivity index (χ1v) is 10.9. The van der Waals surface area contributed by atoms with Crippen molar-refractivity contribution in [3.8, 4) is 0 Å². The highest BCUT2D eigenvalue weighted by atomic mass is 16.5. The van der Waals surface area contributed by atoms with Crippen molar-refractivity contribution in [3.63, 3.8) is 0 Å². The van der Waals surface area contributed by atoms with Crippen molar-refractivity contribution in [1.29, 1.82) is 0 Å². The number of amides is 1. The van der Waals surface area contributed by atoms with Crippen molar-refractivity contribution in [2.75, 3.05) is 13.2 Å². The summed E-state index contributed by atoms with van der Waals surface area (Å²) in [5.41, 5.74) is 0.765. The number of carbonyl (C=O) groups is 2. The molecule has 33 heavy (non-hydrogen) atoms. The molecule has 0 aliphatic carbocycles. The Hall–Kier alpha value is -3.69. The van der Waals surface area contributed by atoms with Crippen molar-refractivity contribution < 1.29 is 14.3 Å². The van der Waals surface area contributed by atoms with Crippen LogP contribution in [-0.4, -0.2) is 43.7 Å². The maximum Gasteiger partial charge on any atom is 0.332 e. The number of benzene rings is 1. The first-order chi connectivity index (χ1) is 15.8. The smallest absolute Gasteiger partial charge is 0.332 e. The molecule has 10 nitrogen and oxygen atoms in total. The second-order valence-electron chi connectivity index (χ2n) is 7.86. The average Bonchev–Trinajstić information content (AvgIpc) is 3.24. The van der Waals surface area contributed by atoms with E-state index in [1.165, 1.54) is 17.9 Å². The number of nitrogens with zero attached hydrogens (tertiary/aromatic N) is 4. The van der Waals surface area contributed by atoms with E-state index in [-0.39, 0.29) is 31.4 Å². The Kier molecular flexibility index (Phi) is 7.81. The minimum absolute atomic E-state index is 0.184. The first kappa shape index (κ1) is 24.0. The molecule has 0 aliphatic heterocycles. The van der Waals surface area contributed by atoms with Gasteiger partial charge in [-0.2, -0.15) is 0 Å². The van der Waals surface area contributed by atoms with Crippen molar-refractivity contribution in [1.82, 2.24) is 24.0 Å². The quantitative estimate of drug-likeness (QED) is 0.451. The molecule has 2 aromatic heterocycles. The molecule has 10 heteroatoms. The molecular weight excluding hydrogens is 426 g/mol. The zero-order valence-corrected chi connectivity index (χ0v) is 19.1. The molecule has 176 valence electrons. The number of aromatic nitrogens is 4. The van der Waals surface area contributed by atoms with Crippen LogP contribution in [0.5, 0.6) is 0 Å². The Morgan fingerprint density at radius 3 is 2.55 bits per heavy atom. The normalized spacial score (nSPS) is 12.0. The number of fused-ring (bicyclic) bond motifs is 1. The van der Waals surface area contributed by atoms with E-state index < -0.39 is 17.2 Å². The van der Waals surface area contributed by atoms with Crippen LogP contribution < -0.4 is 16.6 Å². The van der Waals surface area contributed by atoms with E-state index in [0.29, 0.717) is 30.6 Å². The summed E-state index contributed by atoms with van der Waals surface area (Å²) in [6, 6.07) is 9.58. The van der Waals surface area contributed by atoms with Crippen LogP contribution in [0.4, 0.5) is 0 Å². The van der Waals surface area contributed by atoms with E-state index in [2.05, 4.69) is 10.3 Å². The fraction of sp³-hybridized carbons (Fsp3) is 0.435. The van der Waals surface area contributed by atoms with Crippen molar-refractivity contribution in [2.24, 2.45) is 20.0 Å². The van der Waals surface area contributed by atoms with Gasteiger partial charge in [0.2, 0.25) is 5.91 Å². The van der Waals surface area contributed by atoms with E-state index >= 15 is 0 Å². The van der Waals surface area contributed by atoms with Gasteiger partial charge in [0.1, 0.15) is 0 Å².